The van der Waals surface area contributed by atoms with Gasteiger partial charge in [-0.1, -0.05) is 6.92 Å². The van der Waals surface area contributed by atoms with Gasteiger partial charge in [0.05, 0.1) is 0 Å². The van der Waals surface area contributed by atoms with Crippen LogP contribution >= 0.6 is 11.3 Å². The summed E-state index contributed by atoms with van der Waals surface area (Å²) in [6.45, 7) is 6.93. The lowest BCUT2D eigenvalue weighted by atomic mass is 9.93. The fraction of sp³-hybridized carbons (Fsp3) is 0.733. The van der Waals surface area contributed by atoms with Gasteiger partial charge in [0.2, 0.25) is 0 Å². The van der Waals surface area contributed by atoms with Gasteiger partial charge in [-0.2, -0.15) is 0 Å². The monoisotopic (exact) mass is 266 g/mol. The fourth-order valence-corrected chi connectivity index (χ4v) is 3.67. The SMILES string of the molecule is CCc1ccsc1CNCCCC1CCNCC1. The molecule has 1 aliphatic heterocycles. The molecule has 0 saturated carbocycles. The number of aryl methyl sites for hydroxylation is 1. The van der Waals surface area contributed by atoms with Crippen LogP contribution in [-0.2, 0) is 13.0 Å². The smallest absolute Gasteiger partial charge is 0.0302 e. The number of rotatable bonds is 7. The fourth-order valence-electron chi connectivity index (χ4n) is 2.73. The Morgan fingerprint density at radius 2 is 2.22 bits per heavy atom. The van der Waals surface area contributed by atoms with Crippen molar-refractivity contribution in [1.82, 2.24) is 10.6 Å². The minimum absolute atomic E-state index is 0.973. The van der Waals surface area contributed by atoms with E-state index in [-0.39, 0.29) is 0 Å². The first kappa shape index (κ1) is 14.0. The lowest BCUT2D eigenvalue weighted by Gasteiger charge is -2.22. The summed E-state index contributed by atoms with van der Waals surface area (Å²) in [5.41, 5.74) is 1.52. The van der Waals surface area contributed by atoms with Crippen LogP contribution < -0.4 is 10.6 Å². The van der Waals surface area contributed by atoms with Crippen LogP contribution in [0.3, 0.4) is 0 Å². The zero-order valence-corrected chi connectivity index (χ0v) is 12.3. The second-order valence-corrected chi connectivity index (χ2v) is 6.24. The van der Waals surface area contributed by atoms with E-state index >= 15 is 0 Å². The standard InChI is InChI=1S/C15H26N2S/c1-2-14-7-11-18-15(14)12-17-8-3-4-13-5-9-16-10-6-13/h7,11,13,16-17H,2-6,8-10,12H2,1H3. The summed E-state index contributed by atoms with van der Waals surface area (Å²) in [5, 5.41) is 9.24. The third-order valence-corrected chi connectivity index (χ3v) is 4.89. The van der Waals surface area contributed by atoms with Crippen LogP contribution in [0.1, 0.15) is 43.0 Å². The molecule has 0 radical (unpaired) electrons. The van der Waals surface area contributed by atoms with Gasteiger partial charge in [0.25, 0.3) is 0 Å². The molecule has 0 bridgehead atoms. The van der Waals surface area contributed by atoms with E-state index in [2.05, 4.69) is 29.0 Å². The first-order valence-electron chi connectivity index (χ1n) is 7.37. The maximum absolute atomic E-state index is 3.60. The van der Waals surface area contributed by atoms with E-state index in [1.165, 1.54) is 55.8 Å². The Morgan fingerprint density at radius 3 is 3.00 bits per heavy atom. The molecule has 1 aliphatic rings. The van der Waals surface area contributed by atoms with Gasteiger partial charge in [0.1, 0.15) is 0 Å². The molecular formula is C15H26N2S. The van der Waals surface area contributed by atoms with Crippen molar-refractivity contribution in [2.24, 2.45) is 5.92 Å². The van der Waals surface area contributed by atoms with E-state index in [1.807, 2.05) is 11.3 Å². The van der Waals surface area contributed by atoms with Gasteiger partial charge in [0, 0.05) is 11.4 Å². The predicted molar refractivity (Wildman–Crippen MR) is 80.2 cm³/mol. The summed E-state index contributed by atoms with van der Waals surface area (Å²) in [7, 11) is 0. The van der Waals surface area contributed by atoms with Crippen LogP contribution in [-0.4, -0.2) is 19.6 Å². The molecule has 2 heterocycles. The van der Waals surface area contributed by atoms with Crippen molar-refractivity contribution in [2.75, 3.05) is 19.6 Å². The summed E-state index contributed by atoms with van der Waals surface area (Å²) in [4.78, 5) is 1.53. The van der Waals surface area contributed by atoms with Crippen molar-refractivity contribution in [1.29, 1.82) is 0 Å². The van der Waals surface area contributed by atoms with Crippen LogP contribution in [0.25, 0.3) is 0 Å². The van der Waals surface area contributed by atoms with Crippen molar-refractivity contribution >= 4 is 11.3 Å². The van der Waals surface area contributed by atoms with E-state index in [9.17, 15) is 0 Å². The highest BCUT2D eigenvalue weighted by Crippen LogP contribution is 2.18. The number of nitrogens with one attached hydrogen (secondary N) is 2. The molecule has 102 valence electrons. The summed E-state index contributed by atoms with van der Waals surface area (Å²) < 4.78 is 0. The Bertz CT molecular complexity index is 329. The molecular weight excluding hydrogens is 240 g/mol. The minimum atomic E-state index is 0.973. The maximum Gasteiger partial charge on any atom is 0.0302 e. The van der Waals surface area contributed by atoms with Gasteiger partial charge in [-0.05, 0) is 74.7 Å². The molecule has 1 aromatic rings. The van der Waals surface area contributed by atoms with Crippen molar-refractivity contribution in [3.63, 3.8) is 0 Å². The Balaban J connectivity index is 1.55. The average molecular weight is 266 g/mol. The molecule has 0 aliphatic carbocycles. The van der Waals surface area contributed by atoms with Gasteiger partial charge in [0.15, 0.2) is 0 Å². The zero-order valence-electron chi connectivity index (χ0n) is 11.5. The molecule has 0 amide bonds. The highest BCUT2D eigenvalue weighted by Gasteiger charge is 2.11. The normalized spacial score (nSPS) is 17.2. The minimum Gasteiger partial charge on any atom is -0.317 e. The highest BCUT2D eigenvalue weighted by molar-refractivity contribution is 7.10. The van der Waals surface area contributed by atoms with Gasteiger partial charge in [-0.25, -0.2) is 0 Å². The van der Waals surface area contributed by atoms with E-state index in [0.717, 1.165) is 18.9 Å². The summed E-state index contributed by atoms with van der Waals surface area (Å²) in [6.07, 6.45) is 6.66. The van der Waals surface area contributed by atoms with Gasteiger partial charge < -0.3 is 10.6 Å². The molecule has 1 aromatic heterocycles. The van der Waals surface area contributed by atoms with E-state index in [4.69, 9.17) is 0 Å². The van der Waals surface area contributed by atoms with Crippen LogP contribution in [0.2, 0.25) is 0 Å². The molecule has 0 aromatic carbocycles. The molecule has 0 unspecified atom stereocenters. The van der Waals surface area contributed by atoms with Crippen LogP contribution in [0.5, 0.6) is 0 Å². The molecule has 0 atom stereocenters. The molecule has 1 fully saturated rings. The third kappa shape index (κ3) is 4.38. The first-order chi connectivity index (χ1) is 8.90. The van der Waals surface area contributed by atoms with Gasteiger partial charge in [-0.3, -0.25) is 0 Å². The summed E-state index contributed by atoms with van der Waals surface area (Å²) in [5.74, 6) is 0.973. The largest absolute Gasteiger partial charge is 0.317 e. The van der Waals surface area contributed by atoms with E-state index < -0.39 is 0 Å². The van der Waals surface area contributed by atoms with Crippen molar-refractivity contribution in [3.8, 4) is 0 Å². The Hall–Kier alpha value is -0.380. The zero-order chi connectivity index (χ0) is 12.6. The predicted octanol–water partition coefficient (Wildman–Crippen LogP) is 3.18. The Labute approximate surface area is 115 Å². The lowest BCUT2D eigenvalue weighted by molar-refractivity contribution is 0.344. The molecule has 0 spiro atoms. The van der Waals surface area contributed by atoms with E-state index in [1.54, 1.807) is 0 Å². The molecule has 2 N–H and O–H groups in total. The molecule has 3 heteroatoms. The first-order valence-corrected chi connectivity index (χ1v) is 8.24. The molecule has 18 heavy (non-hydrogen) atoms. The second kappa shape index (κ2) is 7.93. The lowest BCUT2D eigenvalue weighted by Crippen LogP contribution is -2.28. The van der Waals surface area contributed by atoms with E-state index in [0.29, 0.717) is 0 Å². The number of hydrogen-bond donors (Lipinski definition) is 2. The maximum atomic E-state index is 3.60. The quantitative estimate of drug-likeness (QED) is 0.741. The van der Waals surface area contributed by atoms with Gasteiger partial charge >= 0.3 is 0 Å². The van der Waals surface area contributed by atoms with Crippen molar-refractivity contribution in [3.05, 3.63) is 21.9 Å². The topological polar surface area (TPSA) is 24.1 Å². The second-order valence-electron chi connectivity index (χ2n) is 5.23. The Morgan fingerprint density at radius 1 is 1.39 bits per heavy atom. The van der Waals surface area contributed by atoms with Crippen LogP contribution in [0.15, 0.2) is 11.4 Å². The van der Waals surface area contributed by atoms with Crippen molar-refractivity contribution < 1.29 is 0 Å². The van der Waals surface area contributed by atoms with Crippen LogP contribution in [0.4, 0.5) is 0 Å². The number of piperidine rings is 1. The summed E-state index contributed by atoms with van der Waals surface area (Å²) >= 11 is 1.89. The Kier molecular flexibility index (Phi) is 6.18. The third-order valence-electron chi connectivity index (χ3n) is 3.93. The highest BCUT2D eigenvalue weighted by atomic mass is 32.1. The molecule has 2 nitrogen and oxygen atoms in total. The molecule has 1 saturated heterocycles. The number of hydrogen-bond acceptors (Lipinski definition) is 3. The van der Waals surface area contributed by atoms with Crippen molar-refractivity contribution in [2.45, 2.75) is 45.6 Å². The summed E-state index contributed by atoms with van der Waals surface area (Å²) in [6, 6.07) is 2.26. The number of thiophene rings is 1. The van der Waals surface area contributed by atoms with Crippen LogP contribution in [0, 0.1) is 5.92 Å². The molecule has 2 rings (SSSR count). The average Bonchev–Trinajstić information content (AvgIpc) is 2.87. The van der Waals surface area contributed by atoms with Gasteiger partial charge in [-0.15, -0.1) is 11.3 Å².